The molecular formula is C14H13F3N2. The lowest BCUT2D eigenvalue weighted by Crippen LogP contribution is -2.23. The van der Waals surface area contributed by atoms with Crippen molar-refractivity contribution in [3.63, 3.8) is 0 Å². The molecule has 1 aromatic heterocycles. The molecule has 1 atom stereocenters. The molecular weight excluding hydrogens is 253 g/mol. The summed E-state index contributed by atoms with van der Waals surface area (Å²) in [5.74, 6) is -3.82. The average Bonchev–Trinajstić information content (AvgIpc) is 2.44. The highest BCUT2D eigenvalue weighted by Crippen LogP contribution is 2.26. The maximum atomic E-state index is 13.8. The van der Waals surface area contributed by atoms with Gasteiger partial charge in [-0.1, -0.05) is 19.1 Å². The Balaban J connectivity index is 2.49. The van der Waals surface area contributed by atoms with Crippen LogP contribution in [0.25, 0.3) is 0 Å². The first-order valence-corrected chi connectivity index (χ1v) is 5.91. The third-order valence-electron chi connectivity index (χ3n) is 2.80. The van der Waals surface area contributed by atoms with Crippen molar-refractivity contribution >= 4 is 0 Å². The number of aromatic nitrogens is 1. The first kappa shape index (κ1) is 13.5. The molecule has 1 aromatic carbocycles. The zero-order valence-corrected chi connectivity index (χ0v) is 10.3. The molecule has 0 aliphatic carbocycles. The maximum absolute atomic E-state index is 13.8. The van der Waals surface area contributed by atoms with Crippen LogP contribution in [0.15, 0.2) is 36.7 Å². The monoisotopic (exact) mass is 266 g/mol. The third-order valence-corrected chi connectivity index (χ3v) is 2.80. The molecule has 0 spiro atoms. The van der Waals surface area contributed by atoms with E-state index in [9.17, 15) is 13.2 Å². The van der Waals surface area contributed by atoms with Crippen molar-refractivity contribution < 1.29 is 13.2 Å². The van der Waals surface area contributed by atoms with Crippen LogP contribution in [-0.4, -0.2) is 11.5 Å². The Morgan fingerprint density at radius 3 is 2.58 bits per heavy atom. The van der Waals surface area contributed by atoms with E-state index < -0.39 is 23.5 Å². The summed E-state index contributed by atoms with van der Waals surface area (Å²) >= 11 is 0. The fraction of sp³-hybridized carbons (Fsp3) is 0.214. The molecule has 0 fully saturated rings. The van der Waals surface area contributed by atoms with Gasteiger partial charge in [-0.05, 0) is 24.2 Å². The summed E-state index contributed by atoms with van der Waals surface area (Å²) in [5.41, 5.74) is 0.753. The van der Waals surface area contributed by atoms with Crippen LogP contribution in [0.2, 0.25) is 0 Å². The minimum Gasteiger partial charge on any atom is -0.306 e. The molecule has 1 N–H and O–H groups in total. The molecule has 0 amide bonds. The molecule has 2 nitrogen and oxygen atoms in total. The van der Waals surface area contributed by atoms with Gasteiger partial charge >= 0.3 is 0 Å². The van der Waals surface area contributed by atoms with Crippen LogP contribution in [0.3, 0.4) is 0 Å². The number of halogens is 3. The first-order chi connectivity index (χ1) is 9.15. The fourth-order valence-electron chi connectivity index (χ4n) is 1.92. The minimum absolute atomic E-state index is 0.0637. The number of nitrogens with zero attached hydrogens (tertiary/aromatic N) is 1. The number of pyridine rings is 1. The topological polar surface area (TPSA) is 24.9 Å². The van der Waals surface area contributed by atoms with Crippen LogP contribution in [0.1, 0.15) is 24.1 Å². The Bertz CT molecular complexity index is 558. The van der Waals surface area contributed by atoms with Gasteiger partial charge in [0.2, 0.25) is 0 Å². The summed E-state index contributed by atoms with van der Waals surface area (Å²) in [6, 6.07) is 5.06. The normalized spacial score (nSPS) is 12.4. The number of hydrogen-bond acceptors (Lipinski definition) is 2. The van der Waals surface area contributed by atoms with Gasteiger partial charge in [0.15, 0.2) is 17.5 Å². The maximum Gasteiger partial charge on any atom is 0.194 e. The number of rotatable bonds is 4. The van der Waals surface area contributed by atoms with Gasteiger partial charge in [-0.15, -0.1) is 0 Å². The van der Waals surface area contributed by atoms with Gasteiger partial charge in [-0.2, -0.15) is 0 Å². The second kappa shape index (κ2) is 5.84. The van der Waals surface area contributed by atoms with Gasteiger partial charge in [0.05, 0.1) is 6.04 Å². The summed E-state index contributed by atoms with van der Waals surface area (Å²) in [5, 5.41) is 3.03. The smallest absolute Gasteiger partial charge is 0.194 e. The Morgan fingerprint density at radius 1 is 1.16 bits per heavy atom. The van der Waals surface area contributed by atoms with E-state index in [0.29, 0.717) is 12.1 Å². The van der Waals surface area contributed by atoms with Crippen LogP contribution in [0, 0.1) is 17.5 Å². The van der Waals surface area contributed by atoms with Crippen molar-refractivity contribution in [2.24, 2.45) is 0 Å². The lowest BCUT2D eigenvalue weighted by atomic mass is 9.99. The first-order valence-electron chi connectivity index (χ1n) is 5.91. The quantitative estimate of drug-likeness (QED) is 0.860. The van der Waals surface area contributed by atoms with Crippen molar-refractivity contribution in [3.8, 4) is 0 Å². The molecule has 1 unspecified atom stereocenters. The van der Waals surface area contributed by atoms with Gasteiger partial charge in [0, 0.05) is 18.0 Å². The zero-order valence-electron chi connectivity index (χ0n) is 10.3. The van der Waals surface area contributed by atoms with Crippen LogP contribution < -0.4 is 5.32 Å². The molecule has 0 saturated heterocycles. The summed E-state index contributed by atoms with van der Waals surface area (Å²) in [6.45, 7) is 2.40. The van der Waals surface area contributed by atoms with Gasteiger partial charge in [0.1, 0.15) is 0 Å². The Labute approximate surface area is 109 Å². The second-order valence-electron chi connectivity index (χ2n) is 4.04. The van der Waals surface area contributed by atoms with E-state index in [1.54, 1.807) is 24.5 Å². The molecule has 2 rings (SSSR count). The lowest BCUT2D eigenvalue weighted by molar-refractivity contribution is 0.433. The Kier molecular flexibility index (Phi) is 4.16. The van der Waals surface area contributed by atoms with Crippen molar-refractivity contribution in [3.05, 3.63) is 65.2 Å². The number of hydrogen-bond donors (Lipinski definition) is 1. The minimum atomic E-state index is -1.45. The zero-order chi connectivity index (χ0) is 13.8. The van der Waals surface area contributed by atoms with Gasteiger partial charge in [0.25, 0.3) is 0 Å². The van der Waals surface area contributed by atoms with Crippen molar-refractivity contribution in [1.29, 1.82) is 0 Å². The molecule has 19 heavy (non-hydrogen) atoms. The molecule has 2 aromatic rings. The molecule has 0 aliphatic rings. The van der Waals surface area contributed by atoms with Crippen LogP contribution in [0.4, 0.5) is 13.2 Å². The van der Waals surface area contributed by atoms with Gasteiger partial charge in [-0.3, -0.25) is 4.98 Å². The average molecular weight is 266 g/mol. The highest BCUT2D eigenvalue weighted by atomic mass is 19.2. The molecule has 100 valence electrons. The highest BCUT2D eigenvalue weighted by molar-refractivity contribution is 5.32. The van der Waals surface area contributed by atoms with E-state index in [1.165, 1.54) is 6.07 Å². The van der Waals surface area contributed by atoms with E-state index in [0.717, 1.165) is 6.07 Å². The van der Waals surface area contributed by atoms with Crippen LogP contribution in [-0.2, 0) is 0 Å². The molecule has 0 aliphatic heterocycles. The van der Waals surface area contributed by atoms with E-state index in [-0.39, 0.29) is 5.56 Å². The Hall–Kier alpha value is -1.88. The number of benzene rings is 1. The van der Waals surface area contributed by atoms with Gasteiger partial charge < -0.3 is 5.32 Å². The number of nitrogens with one attached hydrogen (secondary N) is 1. The fourth-order valence-corrected chi connectivity index (χ4v) is 1.92. The SMILES string of the molecule is CCNC(c1cccnc1)c1ccc(F)c(F)c1F. The largest absolute Gasteiger partial charge is 0.306 e. The standard InChI is InChI=1S/C14H13F3N2/c1-2-19-14(9-4-3-7-18-8-9)10-5-6-11(15)13(17)12(10)16/h3-8,14,19H,2H2,1H3. The van der Waals surface area contributed by atoms with E-state index in [2.05, 4.69) is 10.3 Å². The summed E-state index contributed by atoms with van der Waals surface area (Å²) in [7, 11) is 0. The predicted octanol–water partition coefficient (Wildman–Crippen LogP) is 3.20. The van der Waals surface area contributed by atoms with Crippen LogP contribution in [0.5, 0.6) is 0 Å². The predicted molar refractivity (Wildman–Crippen MR) is 66.1 cm³/mol. The van der Waals surface area contributed by atoms with Crippen LogP contribution >= 0.6 is 0 Å². The molecule has 0 radical (unpaired) electrons. The van der Waals surface area contributed by atoms with E-state index in [1.807, 2.05) is 6.92 Å². The summed E-state index contributed by atoms with van der Waals surface area (Å²) in [6.07, 6.45) is 3.15. The highest BCUT2D eigenvalue weighted by Gasteiger charge is 2.21. The second-order valence-corrected chi connectivity index (χ2v) is 4.04. The van der Waals surface area contributed by atoms with Crippen molar-refractivity contribution in [1.82, 2.24) is 10.3 Å². The Morgan fingerprint density at radius 2 is 1.95 bits per heavy atom. The molecule has 5 heteroatoms. The molecule has 1 heterocycles. The lowest BCUT2D eigenvalue weighted by Gasteiger charge is -2.19. The van der Waals surface area contributed by atoms with E-state index in [4.69, 9.17) is 0 Å². The van der Waals surface area contributed by atoms with Crippen molar-refractivity contribution in [2.45, 2.75) is 13.0 Å². The molecule has 0 bridgehead atoms. The van der Waals surface area contributed by atoms with Crippen molar-refractivity contribution in [2.75, 3.05) is 6.54 Å². The summed E-state index contributed by atoms with van der Waals surface area (Å²) in [4.78, 5) is 3.95. The van der Waals surface area contributed by atoms with E-state index >= 15 is 0 Å². The third kappa shape index (κ3) is 2.76. The summed E-state index contributed by atoms with van der Waals surface area (Å²) < 4.78 is 40.1. The van der Waals surface area contributed by atoms with Gasteiger partial charge in [-0.25, -0.2) is 13.2 Å². The molecule has 0 saturated carbocycles.